The summed E-state index contributed by atoms with van der Waals surface area (Å²) in [5, 5.41) is 11.2. The second-order valence-electron chi connectivity index (χ2n) is 6.36. The van der Waals surface area contributed by atoms with Crippen LogP contribution < -0.4 is 11.1 Å². The summed E-state index contributed by atoms with van der Waals surface area (Å²) in [6.45, 7) is 5.88. The van der Waals surface area contributed by atoms with Crippen LogP contribution in [-0.4, -0.2) is 31.9 Å². The molecule has 8 heteroatoms. The number of carbonyl (C=O) groups is 1. The molecule has 0 aliphatic heterocycles. The highest BCUT2D eigenvalue weighted by Crippen LogP contribution is 2.32. The lowest BCUT2D eigenvalue weighted by molar-refractivity contribution is 0.0937. The van der Waals surface area contributed by atoms with Crippen LogP contribution in [0.4, 0.5) is 0 Å². The zero-order chi connectivity index (χ0) is 16.6. The third kappa shape index (κ3) is 3.20. The van der Waals surface area contributed by atoms with Crippen LogP contribution in [0.15, 0.2) is 15.5 Å². The van der Waals surface area contributed by atoms with E-state index in [1.54, 1.807) is 10.9 Å². The average Bonchev–Trinajstić information content (AvgIpc) is 3.18. The van der Waals surface area contributed by atoms with Crippen molar-refractivity contribution < 1.29 is 9.32 Å². The van der Waals surface area contributed by atoms with Crippen molar-refractivity contribution in [1.29, 1.82) is 0 Å². The van der Waals surface area contributed by atoms with Gasteiger partial charge in [-0.25, -0.2) is 4.79 Å². The van der Waals surface area contributed by atoms with E-state index < -0.39 is 5.76 Å². The standard InChI is InChI=1S/C15H21N5O3/c1-8(2)20-7-12(9(3)18-20)14(21)16-11-5-4-10(6-11)13-17-15(22)23-19-13/h7-8,10-11H,4-6H2,1-3H3,(H,16,21)(H,17,19,22). The van der Waals surface area contributed by atoms with E-state index in [1.165, 1.54) is 0 Å². The summed E-state index contributed by atoms with van der Waals surface area (Å²) in [7, 11) is 0. The maximum Gasteiger partial charge on any atom is 0.438 e. The van der Waals surface area contributed by atoms with Crippen molar-refractivity contribution >= 4 is 5.91 Å². The summed E-state index contributed by atoms with van der Waals surface area (Å²) in [6, 6.07) is 0.282. The molecule has 2 aromatic rings. The molecular formula is C15H21N5O3. The SMILES string of the molecule is Cc1nn(C(C)C)cc1C(=O)NC1CCC(c2noc(=O)[nH]2)C1. The fourth-order valence-corrected chi connectivity index (χ4v) is 3.01. The molecule has 0 aromatic carbocycles. The lowest BCUT2D eigenvalue weighted by atomic mass is 10.1. The van der Waals surface area contributed by atoms with E-state index in [0.29, 0.717) is 11.4 Å². The minimum absolute atomic E-state index is 0.0644. The molecule has 2 aromatic heterocycles. The molecule has 1 saturated carbocycles. The highest BCUT2D eigenvalue weighted by molar-refractivity contribution is 5.95. The van der Waals surface area contributed by atoms with Crippen molar-refractivity contribution in [3.05, 3.63) is 33.8 Å². The highest BCUT2D eigenvalue weighted by Gasteiger charge is 2.30. The first-order chi connectivity index (χ1) is 10.9. The van der Waals surface area contributed by atoms with E-state index in [0.717, 1.165) is 25.0 Å². The van der Waals surface area contributed by atoms with E-state index in [1.807, 2.05) is 20.8 Å². The molecule has 1 aliphatic rings. The minimum atomic E-state index is -0.538. The molecule has 0 spiro atoms. The Morgan fingerprint density at radius 1 is 1.48 bits per heavy atom. The Hall–Kier alpha value is -2.38. The van der Waals surface area contributed by atoms with Gasteiger partial charge in [0.1, 0.15) is 0 Å². The van der Waals surface area contributed by atoms with Crippen molar-refractivity contribution in [2.24, 2.45) is 0 Å². The number of hydrogen-bond acceptors (Lipinski definition) is 5. The van der Waals surface area contributed by atoms with Crippen LogP contribution in [0.5, 0.6) is 0 Å². The summed E-state index contributed by atoms with van der Waals surface area (Å²) in [4.78, 5) is 26.1. The topological polar surface area (TPSA) is 106 Å². The van der Waals surface area contributed by atoms with Crippen LogP contribution in [0.1, 0.15) is 66.9 Å². The van der Waals surface area contributed by atoms with Gasteiger partial charge in [-0.15, -0.1) is 0 Å². The Bertz CT molecular complexity index is 757. The van der Waals surface area contributed by atoms with Gasteiger partial charge in [0, 0.05) is 24.2 Å². The van der Waals surface area contributed by atoms with Crippen LogP contribution in [0.25, 0.3) is 0 Å². The van der Waals surface area contributed by atoms with Gasteiger partial charge in [0.05, 0.1) is 11.3 Å². The lowest BCUT2D eigenvalue weighted by Gasteiger charge is -2.12. The minimum Gasteiger partial charge on any atom is -0.349 e. The van der Waals surface area contributed by atoms with Crippen molar-refractivity contribution in [2.75, 3.05) is 0 Å². The predicted molar refractivity (Wildman–Crippen MR) is 82.3 cm³/mol. The molecule has 2 N–H and O–H groups in total. The molecule has 2 heterocycles. The van der Waals surface area contributed by atoms with Gasteiger partial charge in [0.25, 0.3) is 5.91 Å². The molecule has 0 radical (unpaired) electrons. The number of nitrogens with zero attached hydrogens (tertiary/aromatic N) is 3. The maximum atomic E-state index is 12.4. The zero-order valence-electron chi connectivity index (χ0n) is 13.5. The van der Waals surface area contributed by atoms with Gasteiger partial charge in [-0.3, -0.25) is 19.0 Å². The Labute approximate surface area is 133 Å². The van der Waals surface area contributed by atoms with Crippen molar-refractivity contribution in [2.45, 2.75) is 58.0 Å². The van der Waals surface area contributed by atoms with Gasteiger partial charge in [0.15, 0.2) is 5.82 Å². The van der Waals surface area contributed by atoms with Crippen molar-refractivity contribution in [3.8, 4) is 0 Å². The smallest absolute Gasteiger partial charge is 0.349 e. The Kier molecular flexibility index (Phi) is 4.06. The van der Waals surface area contributed by atoms with Gasteiger partial charge in [-0.1, -0.05) is 5.16 Å². The third-order valence-electron chi connectivity index (χ3n) is 4.30. The monoisotopic (exact) mass is 319 g/mol. The number of carbonyl (C=O) groups excluding carboxylic acids is 1. The molecule has 23 heavy (non-hydrogen) atoms. The Morgan fingerprint density at radius 3 is 2.87 bits per heavy atom. The number of hydrogen-bond donors (Lipinski definition) is 2. The third-order valence-corrected chi connectivity index (χ3v) is 4.30. The number of aromatic amines is 1. The molecule has 1 aliphatic carbocycles. The van der Waals surface area contributed by atoms with Crippen molar-refractivity contribution in [3.63, 3.8) is 0 Å². The van der Waals surface area contributed by atoms with Gasteiger partial charge in [-0.05, 0) is 40.0 Å². The summed E-state index contributed by atoms with van der Waals surface area (Å²) in [6.07, 6.45) is 4.24. The van der Waals surface area contributed by atoms with Gasteiger partial charge >= 0.3 is 5.76 Å². The Balaban J connectivity index is 1.64. The summed E-state index contributed by atoms with van der Waals surface area (Å²) in [5.74, 6) is 0.0414. The van der Waals surface area contributed by atoms with Crippen LogP contribution in [0, 0.1) is 6.92 Å². The van der Waals surface area contributed by atoms with Gasteiger partial charge < -0.3 is 5.32 Å². The molecule has 0 saturated heterocycles. The first kappa shape index (κ1) is 15.5. The van der Waals surface area contributed by atoms with E-state index >= 15 is 0 Å². The fourth-order valence-electron chi connectivity index (χ4n) is 3.01. The van der Waals surface area contributed by atoms with E-state index in [-0.39, 0.29) is 23.9 Å². The molecule has 0 bridgehead atoms. The fraction of sp³-hybridized carbons (Fsp3) is 0.600. The average molecular weight is 319 g/mol. The summed E-state index contributed by atoms with van der Waals surface area (Å²) >= 11 is 0. The molecule has 2 unspecified atom stereocenters. The number of nitrogens with one attached hydrogen (secondary N) is 2. The first-order valence-electron chi connectivity index (χ1n) is 7.86. The Morgan fingerprint density at radius 2 is 2.26 bits per heavy atom. The van der Waals surface area contributed by atoms with Crippen LogP contribution in [0.3, 0.4) is 0 Å². The van der Waals surface area contributed by atoms with Gasteiger partial charge in [-0.2, -0.15) is 5.10 Å². The predicted octanol–water partition coefficient (Wildman–Crippen LogP) is 1.51. The molecule has 3 rings (SSSR count). The van der Waals surface area contributed by atoms with E-state index in [9.17, 15) is 9.59 Å². The molecule has 124 valence electrons. The second kappa shape index (κ2) is 6.02. The van der Waals surface area contributed by atoms with Crippen molar-refractivity contribution in [1.82, 2.24) is 25.2 Å². The molecule has 1 amide bonds. The molecule has 8 nitrogen and oxygen atoms in total. The van der Waals surface area contributed by atoms with Crippen LogP contribution in [0.2, 0.25) is 0 Å². The summed E-state index contributed by atoms with van der Waals surface area (Å²) in [5.41, 5.74) is 1.34. The van der Waals surface area contributed by atoms with Crippen LogP contribution >= 0.6 is 0 Å². The van der Waals surface area contributed by atoms with Crippen LogP contribution in [-0.2, 0) is 0 Å². The molecule has 2 atom stereocenters. The zero-order valence-corrected chi connectivity index (χ0v) is 13.5. The number of H-pyrrole nitrogens is 1. The number of amides is 1. The molecule has 1 fully saturated rings. The van der Waals surface area contributed by atoms with Gasteiger partial charge in [0.2, 0.25) is 0 Å². The molecular weight excluding hydrogens is 298 g/mol. The lowest BCUT2D eigenvalue weighted by Crippen LogP contribution is -2.33. The highest BCUT2D eigenvalue weighted by atomic mass is 16.5. The number of aromatic nitrogens is 4. The largest absolute Gasteiger partial charge is 0.438 e. The second-order valence-corrected chi connectivity index (χ2v) is 6.36. The number of aryl methyl sites for hydroxylation is 1. The maximum absolute atomic E-state index is 12.4. The summed E-state index contributed by atoms with van der Waals surface area (Å²) < 4.78 is 6.34. The first-order valence-corrected chi connectivity index (χ1v) is 7.86. The number of rotatable bonds is 4. The van der Waals surface area contributed by atoms with E-state index in [2.05, 4.69) is 25.1 Å². The quantitative estimate of drug-likeness (QED) is 0.888. The normalized spacial score (nSPS) is 21.0. The van der Waals surface area contributed by atoms with E-state index in [4.69, 9.17) is 0 Å².